The molecule has 0 saturated heterocycles. The van der Waals surface area contributed by atoms with E-state index >= 15 is 0 Å². The number of rotatable bonds is 5. The maximum atomic E-state index is 12.9. The molecule has 26 heavy (non-hydrogen) atoms. The normalized spacial score (nSPS) is 11.3. The van der Waals surface area contributed by atoms with Crippen LogP contribution in [0.15, 0.2) is 54.9 Å². The highest BCUT2D eigenvalue weighted by Crippen LogP contribution is 2.24. The minimum absolute atomic E-state index is 0.0233. The first-order valence-corrected chi connectivity index (χ1v) is 8.70. The summed E-state index contributed by atoms with van der Waals surface area (Å²) in [7, 11) is -4.25. The van der Waals surface area contributed by atoms with Gasteiger partial charge in [-0.15, -0.1) is 0 Å². The smallest absolute Gasteiger partial charge is 0.336 e. The van der Waals surface area contributed by atoms with E-state index in [-0.39, 0.29) is 28.1 Å². The van der Waals surface area contributed by atoms with Crippen LogP contribution in [0.1, 0.15) is 26.3 Å². The second-order valence-corrected chi connectivity index (χ2v) is 6.61. The predicted molar refractivity (Wildman–Crippen MR) is 90.8 cm³/mol. The Morgan fingerprint density at radius 2 is 1.65 bits per heavy atom. The predicted octanol–water partition coefficient (Wildman–Crippen LogP) is 0.926. The van der Waals surface area contributed by atoms with E-state index in [1.54, 1.807) is 12.1 Å². The maximum absolute atomic E-state index is 12.9. The molecule has 0 unspecified atom stereocenters. The van der Waals surface area contributed by atoms with Crippen molar-refractivity contribution in [3.63, 3.8) is 0 Å². The summed E-state index contributed by atoms with van der Waals surface area (Å²) >= 11 is 0. The topological polar surface area (TPSA) is 145 Å². The standard InChI is InChI=1S/C16H12N4O5S/c17-26(24,25)20-9-12(14(19-20)13-7-3-4-8-18-13)15(21)10-5-1-2-6-11(10)16(22)23/h1-9H,(H,22,23)(H2,17,24,25). The second kappa shape index (κ2) is 6.50. The first-order valence-electron chi connectivity index (χ1n) is 7.20. The lowest BCUT2D eigenvalue weighted by atomic mass is 9.98. The molecule has 0 radical (unpaired) electrons. The molecule has 0 aliphatic carbocycles. The molecule has 0 aliphatic heterocycles. The molecule has 9 nitrogen and oxygen atoms in total. The Bertz CT molecular complexity index is 1110. The fourth-order valence-corrected chi connectivity index (χ4v) is 2.80. The van der Waals surface area contributed by atoms with Gasteiger partial charge in [-0.05, 0) is 18.2 Å². The van der Waals surface area contributed by atoms with Crippen molar-refractivity contribution in [2.24, 2.45) is 5.14 Å². The zero-order valence-corrected chi connectivity index (χ0v) is 13.9. The summed E-state index contributed by atoms with van der Waals surface area (Å²) in [5, 5.41) is 18.2. The third-order valence-corrected chi connectivity index (χ3v) is 4.22. The molecule has 132 valence electrons. The van der Waals surface area contributed by atoms with E-state index in [9.17, 15) is 23.1 Å². The molecule has 10 heteroatoms. The number of nitrogens with two attached hydrogens (primary N) is 1. The molecule has 0 bridgehead atoms. The summed E-state index contributed by atoms with van der Waals surface area (Å²) in [6, 6.07) is 10.4. The van der Waals surface area contributed by atoms with E-state index in [1.807, 2.05) is 0 Å². The number of carboxylic acids is 1. The number of aromatic nitrogens is 3. The second-order valence-electron chi connectivity index (χ2n) is 5.20. The van der Waals surface area contributed by atoms with Crippen LogP contribution in [0, 0.1) is 0 Å². The van der Waals surface area contributed by atoms with Crippen LogP contribution < -0.4 is 5.14 Å². The number of nitrogens with zero attached hydrogens (tertiary/aromatic N) is 3. The fraction of sp³-hybridized carbons (Fsp3) is 0. The van der Waals surface area contributed by atoms with Crippen molar-refractivity contribution in [1.29, 1.82) is 0 Å². The maximum Gasteiger partial charge on any atom is 0.336 e. The van der Waals surface area contributed by atoms with E-state index in [0.717, 1.165) is 6.20 Å². The number of benzene rings is 1. The van der Waals surface area contributed by atoms with Gasteiger partial charge in [0.2, 0.25) is 0 Å². The lowest BCUT2D eigenvalue weighted by molar-refractivity contribution is 0.0692. The Labute approximate surface area is 147 Å². The summed E-state index contributed by atoms with van der Waals surface area (Å²) in [5.74, 6) is -1.99. The molecular formula is C16H12N4O5S. The molecule has 0 fully saturated rings. The van der Waals surface area contributed by atoms with E-state index in [1.165, 1.54) is 36.5 Å². The SMILES string of the molecule is NS(=O)(=O)n1cc(C(=O)c2ccccc2C(=O)O)c(-c2ccccn2)n1. The van der Waals surface area contributed by atoms with Crippen molar-refractivity contribution in [2.75, 3.05) is 0 Å². The van der Waals surface area contributed by atoms with Crippen LogP contribution in [-0.4, -0.2) is 39.4 Å². The number of carbonyl (C=O) groups excluding carboxylic acids is 1. The molecule has 0 atom stereocenters. The lowest BCUT2D eigenvalue weighted by Crippen LogP contribution is -2.22. The largest absolute Gasteiger partial charge is 0.478 e. The van der Waals surface area contributed by atoms with Crippen LogP contribution in [0.2, 0.25) is 0 Å². The first kappa shape index (κ1) is 17.5. The lowest BCUT2D eigenvalue weighted by Gasteiger charge is -2.05. The minimum atomic E-state index is -4.25. The van der Waals surface area contributed by atoms with Crippen molar-refractivity contribution in [1.82, 2.24) is 14.2 Å². The van der Waals surface area contributed by atoms with Gasteiger partial charge in [-0.25, -0.2) is 9.93 Å². The van der Waals surface area contributed by atoms with Crippen LogP contribution in [0.3, 0.4) is 0 Å². The molecule has 0 saturated carbocycles. The van der Waals surface area contributed by atoms with Gasteiger partial charge in [0.05, 0.1) is 23.0 Å². The van der Waals surface area contributed by atoms with Gasteiger partial charge in [-0.3, -0.25) is 9.78 Å². The highest BCUT2D eigenvalue weighted by molar-refractivity contribution is 7.87. The summed E-state index contributed by atoms with van der Waals surface area (Å²) in [5.41, 5.74) is -0.235. The number of carbonyl (C=O) groups is 2. The number of ketones is 1. The quantitative estimate of drug-likeness (QED) is 0.633. The number of carboxylic acid groups (broad SMARTS) is 1. The van der Waals surface area contributed by atoms with Crippen molar-refractivity contribution in [2.45, 2.75) is 0 Å². The zero-order chi connectivity index (χ0) is 18.9. The van der Waals surface area contributed by atoms with Crippen LogP contribution in [-0.2, 0) is 10.2 Å². The van der Waals surface area contributed by atoms with E-state index in [0.29, 0.717) is 4.09 Å². The van der Waals surface area contributed by atoms with Gasteiger partial charge < -0.3 is 5.11 Å². The highest BCUT2D eigenvalue weighted by Gasteiger charge is 2.25. The van der Waals surface area contributed by atoms with E-state index < -0.39 is 22.0 Å². The molecule has 1 aromatic carbocycles. The molecular weight excluding hydrogens is 360 g/mol. The fourth-order valence-electron chi connectivity index (χ4n) is 2.35. The van der Waals surface area contributed by atoms with Crippen molar-refractivity contribution in [3.05, 3.63) is 71.5 Å². The number of aromatic carboxylic acids is 1. The van der Waals surface area contributed by atoms with Gasteiger partial charge in [0.1, 0.15) is 5.69 Å². The summed E-state index contributed by atoms with van der Waals surface area (Å²) < 4.78 is 23.7. The van der Waals surface area contributed by atoms with E-state index in [4.69, 9.17) is 5.14 Å². The van der Waals surface area contributed by atoms with Gasteiger partial charge in [0, 0.05) is 11.8 Å². The summed E-state index contributed by atoms with van der Waals surface area (Å²) in [6.07, 6.45) is 2.39. The molecule has 0 aliphatic rings. The third-order valence-electron chi connectivity index (χ3n) is 3.51. The van der Waals surface area contributed by atoms with Crippen LogP contribution >= 0.6 is 0 Å². The van der Waals surface area contributed by atoms with Gasteiger partial charge in [0.25, 0.3) is 0 Å². The monoisotopic (exact) mass is 372 g/mol. The molecule has 3 rings (SSSR count). The molecule has 0 spiro atoms. The van der Waals surface area contributed by atoms with Crippen molar-refractivity contribution in [3.8, 4) is 11.4 Å². The molecule has 3 aromatic rings. The number of hydrogen-bond acceptors (Lipinski definition) is 6. The molecule has 2 heterocycles. The van der Waals surface area contributed by atoms with Gasteiger partial charge in [0.15, 0.2) is 5.78 Å². The van der Waals surface area contributed by atoms with Crippen molar-refractivity contribution < 1.29 is 23.1 Å². The zero-order valence-electron chi connectivity index (χ0n) is 13.1. The molecule has 0 amide bonds. The molecule has 2 aromatic heterocycles. The Hall–Kier alpha value is -3.37. The van der Waals surface area contributed by atoms with Crippen molar-refractivity contribution >= 4 is 22.0 Å². The Morgan fingerprint density at radius 1 is 1.00 bits per heavy atom. The van der Waals surface area contributed by atoms with Crippen LogP contribution in [0.4, 0.5) is 0 Å². The van der Waals surface area contributed by atoms with Crippen LogP contribution in [0.25, 0.3) is 11.4 Å². The Morgan fingerprint density at radius 3 is 2.23 bits per heavy atom. The number of pyridine rings is 1. The summed E-state index contributed by atoms with van der Waals surface area (Å²) in [4.78, 5) is 28.4. The Kier molecular flexibility index (Phi) is 4.36. The van der Waals surface area contributed by atoms with Gasteiger partial charge in [-0.2, -0.15) is 17.6 Å². The minimum Gasteiger partial charge on any atom is -0.478 e. The third kappa shape index (κ3) is 3.23. The average molecular weight is 372 g/mol. The number of hydrogen-bond donors (Lipinski definition) is 2. The van der Waals surface area contributed by atoms with Crippen LogP contribution in [0.5, 0.6) is 0 Å². The van der Waals surface area contributed by atoms with Gasteiger partial charge >= 0.3 is 16.2 Å². The van der Waals surface area contributed by atoms with Gasteiger partial charge in [-0.1, -0.05) is 24.3 Å². The summed E-state index contributed by atoms with van der Waals surface area (Å²) in [6.45, 7) is 0. The average Bonchev–Trinajstić information content (AvgIpc) is 3.07. The van der Waals surface area contributed by atoms with E-state index in [2.05, 4.69) is 10.1 Å². The first-order chi connectivity index (χ1) is 12.3. The highest BCUT2D eigenvalue weighted by atomic mass is 32.2. The molecule has 3 N–H and O–H groups in total. The Balaban J connectivity index is 2.23.